The first-order chi connectivity index (χ1) is 9.68. The minimum atomic E-state index is -2.64. The van der Waals surface area contributed by atoms with Crippen molar-refractivity contribution >= 4 is 33.8 Å². The van der Waals surface area contributed by atoms with Gasteiger partial charge in [0, 0.05) is 12.6 Å². The van der Waals surface area contributed by atoms with Crippen LogP contribution in [0.1, 0.15) is 6.42 Å². The quantitative estimate of drug-likeness (QED) is 0.420. The Kier molecular flexibility index (Phi) is 8.51. The lowest BCUT2D eigenvalue weighted by molar-refractivity contribution is 0.250. The van der Waals surface area contributed by atoms with Gasteiger partial charge in [-0.3, -0.25) is 0 Å². The van der Waals surface area contributed by atoms with Crippen molar-refractivity contribution in [3.63, 3.8) is 0 Å². The molecule has 0 unspecified atom stereocenters. The van der Waals surface area contributed by atoms with Gasteiger partial charge in [-0.15, -0.1) is 0 Å². The molecule has 0 aliphatic heterocycles. The maximum absolute atomic E-state index is 6.61. The zero-order valence-corrected chi connectivity index (χ0v) is 20.1. The Morgan fingerprint density at radius 3 is 1.41 bits per heavy atom. The van der Waals surface area contributed by atoms with Crippen molar-refractivity contribution in [3.05, 3.63) is 12.8 Å². The molecule has 0 saturated heterocycles. The molecule has 0 heterocycles. The summed E-state index contributed by atoms with van der Waals surface area (Å²) in [4.78, 5) is 0. The molecule has 22 heavy (non-hydrogen) atoms. The Bertz CT molecular complexity index is 305. The van der Waals surface area contributed by atoms with Gasteiger partial charge in [0.15, 0.2) is 25.0 Å². The third-order valence-corrected chi connectivity index (χ3v) is 14.4. The summed E-state index contributed by atoms with van der Waals surface area (Å²) in [5.74, 6) is 0. The molecule has 0 rings (SSSR count). The van der Waals surface area contributed by atoms with E-state index in [9.17, 15) is 0 Å². The molecule has 0 aromatic rings. The Morgan fingerprint density at radius 1 is 0.773 bits per heavy atom. The van der Waals surface area contributed by atoms with Gasteiger partial charge in [-0.05, 0) is 71.5 Å². The summed E-state index contributed by atoms with van der Waals surface area (Å²) < 4.78 is 19.8. The van der Waals surface area contributed by atoms with E-state index in [4.69, 9.17) is 12.3 Å². The van der Waals surface area contributed by atoms with Crippen LogP contribution in [0, 0.1) is 0 Å². The first-order valence-corrected chi connectivity index (χ1v) is 20.3. The normalized spacial score (nSPS) is 14.0. The van der Waals surface area contributed by atoms with E-state index in [1.54, 1.807) is 6.20 Å². The highest BCUT2D eigenvalue weighted by Crippen LogP contribution is 2.29. The Hall–Kier alpha value is 0.288. The predicted molar refractivity (Wildman–Crippen MR) is 107 cm³/mol. The summed E-state index contributed by atoms with van der Waals surface area (Å²) >= 11 is 0. The molecule has 4 nitrogen and oxygen atoms in total. The highest BCUT2D eigenvalue weighted by Gasteiger charge is 2.49. The maximum atomic E-state index is 6.61. The first kappa shape index (κ1) is 22.3. The zero-order chi connectivity index (χ0) is 17.7. The molecule has 8 heteroatoms. The molecule has 0 spiro atoms. The van der Waals surface area contributed by atoms with Gasteiger partial charge in [-0.2, -0.15) is 0 Å². The summed E-state index contributed by atoms with van der Waals surface area (Å²) in [5.41, 5.74) is 0. The molecule has 0 amide bonds. The van der Waals surface area contributed by atoms with Gasteiger partial charge in [-0.1, -0.05) is 6.58 Å². The largest absolute Gasteiger partial charge is 0.469 e. The third-order valence-electron chi connectivity index (χ3n) is 2.33. The van der Waals surface area contributed by atoms with Crippen molar-refractivity contribution in [1.82, 2.24) is 5.32 Å². The van der Waals surface area contributed by atoms with E-state index in [0.29, 0.717) is 0 Å². The summed E-state index contributed by atoms with van der Waals surface area (Å²) in [6.07, 6.45) is 2.72. The minimum absolute atomic E-state index is 0.882. The van der Waals surface area contributed by atoms with E-state index < -0.39 is 33.8 Å². The number of nitrogens with one attached hydrogen (secondary N) is 1. The molecule has 0 radical (unpaired) electrons. The van der Waals surface area contributed by atoms with Crippen LogP contribution in [0.4, 0.5) is 0 Å². The fourth-order valence-corrected chi connectivity index (χ4v) is 16.8. The molecule has 0 aliphatic carbocycles. The van der Waals surface area contributed by atoms with Crippen molar-refractivity contribution < 1.29 is 12.3 Å². The van der Waals surface area contributed by atoms with Crippen LogP contribution in [-0.2, 0) is 12.3 Å². The molecular weight excluding hydrogens is 343 g/mol. The van der Waals surface area contributed by atoms with Gasteiger partial charge in [0.2, 0.25) is 0 Å². The first-order valence-electron chi connectivity index (χ1n) is 8.13. The van der Waals surface area contributed by atoms with Crippen LogP contribution >= 0.6 is 0 Å². The number of hydrogen-bond acceptors (Lipinski definition) is 4. The molecule has 0 aliphatic rings. The number of rotatable bonds is 11. The van der Waals surface area contributed by atoms with Gasteiger partial charge >= 0.3 is 8.80 Å². The fraction of sp³-hybridized carbons (Fsp3) is 0.857. The van der Waals surface area contributed by atoms with Gasteiger partial charge in [-0.25, -0.2) is 0 Å². The molecule has 0 saturated carbocycles. The summed E-state index contributed by atoms with van der Waals surface area (Å²) in [7, 11) is -7.88. The van der Waals surface area contributed by atoms with Gasteiger partial charge in [0.1, 0.15) is 0 Å². The second-order valence-corrected chi connectivity index (χ2v) is 25.6. The monoisotopic (exact) mass is 379 g/mol. The van der Waals surface area contributed by atoms with E-state index in [1.165, 1.54) is 0 Å². The summed E-state index contributed by atoms with van der Waals surface area (Å²) in [6, 6.07) is 0.882. The van der Waals surface area contributed by atoms with Gasteiger partial charge < -0.3 is 17.7 Å². The Morgan fingerprint density at radius 2 is 1.14 bits per heavy atom. The van der Waals surface area contributed by atoms with Crippen LogP contribution < -0.4 is 5.32 Å². The smallest absolute Gasteiger partial charge is 0.417 e. The zero-order valence-electron chi connectivity index (χ0n) is 16.1. The molecule has 0 atom stereocenters. The van der Waals surface area contributed by atoms with E-state index in [1.807, 2.05) is 0 Å². The van der Waals surface area contributed by atoms with Crippen LogP contribution in [0.15, 0.2) is 12.8 Å². The summed E-state index contributed by atoms with van der Waals surface area (Å²) in [5, 5.41) is 3.16. The van der Waals surface area contributed by atoms with E-state index in [0.717, 1.165) is 19.0 Å². The third kappa shape index (κ3) is 11.8. The molecule has 0 bridgehead atoms. The Labute approximate surface area is 142 Å². The molecule has 0 aromatic heterocycles. The lowest BCUT2D eigenvalue weighted by Gasteiger charge is -2.43. The van der Waals surface area contributed by atoms with Crippen LogP contribution in [0.3, 0.4) is 0 Å². The van der Waals surface area contributed by atoms with Crippen molar-refractivity contribution in [2.45, 2.75) is 71.4 Å². The van der Waals surface area contributed by atoms with Crippen molar-refractivity contribution in [1.29, 1.82) is 0 Å². The van der Waals surface area contributed by atoms with Gasteiger partial charge in [0.05, 0.1) is 0 Å². The van der Waals surface area contributed by atoms with Crippen LogP contribution in [0.2, 0.25) is 65.0 Å². The lowest BCUT2D eigenvalue weighted by atomic mass is 10.5. The average molecular weight is 380 g/mol. The molecule has 0 fully saturated rings. The van der Waals surface area contributed by atoms with E-state index in [-0.39, 0.29) is 0 Å². The predicted octanol–water partition coefficient (Wildman–Crippen LogP) is 4.60. The molecular formula is C14H37NO3Si4. The second kappa shape index (κ2) is 8.40. The van der Waals surface area contributed by atoms with Crippen molar-refractivity contribution in [2.75, 3.05) is 6.54 Å². The molecule has 132 valence electrons. The van der Waals surface area contributed by atoms with Crippen molar-refractivity contribution in [2.24, 2.45) is 0 Å². The number of hydrogen-bond donors (Lipinski definition) is 1. The van der Waals surface area contributed by atoms with E-state index in [2.05, 4.69) is 70.8 Å². The highest BCUT2D eigenvalue weighted by atomic mass is 28.5. The topological polar surface area (TPSA) is 39.7 Å². The van der Waals surface area contributed by atoms with Crippen LogP contribution in [0.5, 0.6) is 0 Å². The highest BCUT2D eigenvalue weighted by molar-refractivity contribution is 6.90. The van der Waals surface area contributed by atoms with Crippen LogP contribution in [0.25, 0.3) is 0 Å². The molecule has 0 aromatic carbocycles. The second-order valence-electron chi connectivity index (χ2n) is 8.59. The standard InChI is InChI=1S/C14H37NO3Si4/c1-11-15-13-12-14-22(16-19(2,3)4,17-20(5,6)7)18-21(8,9)10/h11,15H,1,12-14H2,2-10H3. The van der Waals surface area contributed by atoms with Crippen molar-refractivity contribution in [3.8, 4) is 0 Å². The van der Waals surface area contributed by atoms with Crippen LogP contribution in [-0.4, -0.2) is 40.3 Å². The average Bonchev–Trinajstić information content (AvgIpc) is 2.16. The van der Waals surface area contributed by atoms with E-state index >= 15 is 0 Å². The maximum Gasteiger partial charge on any atom is 0.469 e. The lowest BCUT2D eigenvalue weighted by Crippen LogP contribution is -2.60. The van der Waals surface area contributed by atoms with Gasteiger partial charge in [0.25, 0.3) is 0 Å². The Balaban J connectivity index is 5.33. The minimum Gasteiger partial charge on any atom is -0.417 e. The summed E-state index contributed by atoms with van der Waals surface area (Å²) in [6.45, 7) is 24.6. The SMILES string of the molecule is C=CNCCC[Si](O[Si](C)(C)C)(O[Si](C)(C)C)O[Si](C)(C)C. The fourth-order valence-electron chi connectivity index (χ4n) is 2.12. The molecule has 1 N–H and O–H groups in total.